The van der Waals surface area contributed by atoms with Gasteiger partial charge in [-0.25, -0.2) is 26.3 Å². The van der Waals surface area contributed by atoms with Crippen LogP contribution < -0.4 is 0 Å². The van der Waals surface area contributed by atoms with Gasteiger partial charge in [0.05, 0.1) is 72.2 Å². The lowest BCUT2D eigenvalue weighted by Crippen LogP contribution is -2.41. The predicted molar refractivity (Wildman–Crippen MR) is 416 cm³/mol. The van der Waals surface area contributed by atoms with Gasteiger partial charge in [0.15, 0.2) is 23.1 Å². The van der Waals surface area contributed by atoms with Crippen LogP contribution in [0.5, 0.6) is 0 Å². The van der Waals surface area contributed by atoms with Gasteiger partial charge in [0.25, 0.3) is 5.92 Å². The van der Waals surface area contributed by atoms with Crippen molar-refractivity contribution >= 4 is 91.6 Å². The van der Waals surface area contributed by atoms with Crippen LogP contribution in [0.25, 0.3) is 22.1 Å². The van der Waals surface area contributed by atoms with Gasteiger partial charge in [0.2, 0.25) is 11.8 Å². The molecule has 0 saturated heterocycles. The number of hydrogen-bond donors (Lipinski definition) is 3. The van der Waals surface area contributed by atoms with E-state index in [0.29, 0.717) is 162 Å². The average molecular weight is 1590 g/mol. The van der Waals surface area contributed by atoms with Crippen molar-refractivity contribution in [2.24, 2.45) is 11.8 Å². The highest BCUT2D eigenvalue weighted by Crippen LogP contribution is 2.46. The molecule has 13 rings (SSSR count). The zero-order valence-electron chi connectivity index (χ0n) is 65.3. The molecule has 13 nitrogen and oxygen atoms in total. The van der Waals surface area contributed by atoms with E-state index in [2.05, 4.69) is 17.4 Å². The first kappa shape index (κ1) is 80.3. The molecule has 5 fully saturated rings. The highest BCUT2D eigenvalue weighted by atomic mass is 35.5. The van der Waals surface area contributed by atoms with Gasteiger partial charge in [-0.1, -0.05) is 85.9 Å². The summed E-state index contributed by atoms with van der Waals surface area (Å²) in [5, 5.41) is 34.0. The normalized spacial score (nSPS) is 21.7. The second-order valence-electron chi connectivity index (χ2n) is 31.0. The molecule has 8 heterocycles. The van der Waals surface area contributed by atoms with Crippen molar-refractivity contribution in [3.63, 3.8) is 0 Å². The Hall–Kier alpha value is -5.74. The number of nitrogens with zero attached hydrogens (tertiary/aromatic N) is 4. The summed E-state index contributed by atoms with van der Waals surface area (Å²) in [6, 6.07) is 21.9. The van der Waals surface area contributed by atoms with E-state index < -0.39 is 47.8 Å². The first-order valence-corrected chi connectivity index (χ1v) is 40.3. The van der Waals surface area contributed by atoms with E-state index in [1.807, 2.05) is 76.1 Å². The number of hydrogen-bond acceptors (Lipinski definition) is 9. The molecule has 0 aliphatic heterocycles. The topological polar surface area (TPSA) is 165 Å². The minimum absolute atomic E-state index is 0.00236. The Morgan fingerprint density at radius 2 is 0.917 bits per heavy atom. The Morgan fingerprint density at radius 1 is 0.491 bits per heavy atom. The van der Waals surface area contributed by atoms with E-state index in [-0.39, 0.29) is 113 Å². The first-order valence-electron chi connectivity index (χ1n) is 40.3. The minimum Gasteiger partial charge on any atom is -0.390 e. The van der Waals surface area contributed by atoms with Crippen LogP contribution in [-0.4, -0.2) is 117 Å². The SMILES string of the molecule is CCOCCc1cc(C(=O)CCC2(O)CCC(F)(F)CC2)c2c(Cl)cccn12.CCOCCc1cc(C(=O)CCC2(O)CCCC(F)(F)C2)c2c(Cl)cccn12.C[C@@H]1CCC[C@](O)(CCC(=O)c2cc(C3CCC3)n3cccc(Cl)c23)C1.[2H]C([2H])([2H])CCCc1cc(C(=O)CCC2CCC(F)(F)CC2)c2c(Cl)cccn12. The lowest BCUT2D eigenvalue weighted by Gasteiger charge is -2.36. The molecule has 5 aliphatic carbocycles. The van der Waals surface area contributed by atoms with Crippen LogP contribution >= 0.6 is 46.4 Å². The quantitative estimate of drug-likeness (QED) is 0.0246. The Bertz CT molecular complexity index is 4520. The molecular formula is C85H106Cl4F6N4O9. The zero-order valence-corrected chi connectivity index (χ0v) is 65.3. The number of alkyl halides is 6. The smallest absolute Gasteiger partial charge is 0.250 e. The highest BCUT2D eigenvalue weighted by Gasteiger charge is 2.46. The fourth-order valence-electron chi connectivity index (χ4n) is 16.5. The van der Waals surface area contributed by atoms with E-state index in [1.165, 1.54) is 31.4 Å². The Balaban J connectivity index is 0.000000157. The molecule has 0 radical (unpaired) electrons. The number of ether oxygens (including phenoxy) is 2. The summed E-state index contributed by atoms with van der Waals surface area (Å²) in [4.78, 5) is 51.8. The Labute approximate surface area is 654 Å². The van der Waals surface area contributed by atoms with Gasteiger partial charge in [-0.2, -0.15) is 0 Å². The summed E-state index contributed by atoms with van der Waals surface area (Å²) in [5.74, 6) is -7.19. The van der Waals surface area contributed by atoms with Crippen LogP contribution in [0.2, 0.25) is 20.1 Å². The largest absolute Gasteiger partial charge is 0.390 e. The maximum atomic E-state index is 13.7. The van der Waals surface area contributed by atoms with Crippen LogP contribution in [-0.2, 0) is 28.7 Å². The maximum absolute atomic E-state index is 13.7. The number of Topliss-reactive ketones (excluding diaryl/α,β-unsaturated/α-hetero) is 4. The fraction of sp³-hybridized carbons (Fsp3) is 0.576. The molecule has 108 heavy (non-hydrogen) atoms. The third-order valence-electron chi connectivity index (χ3n) is 22.8. The van der Waals surface area contributed by atoms with Gasteiger partial charge in [-0.15, -0.1) is 0 Å². The summed E-state index contributed by atoms with van der Waals surface area (Å²) in [6.07, 6.45) is 19.4. The average Bonchev–Trinajstić information content (AvgIpc) is 1.63. The third-order valence-corrected chi connectivity index (χ3v) is 24.0. The lowest BCUT2D eigenvalue weighted by atomic mass is 9.76. The third kappa shape index (κ3) is 21.7. The van der Waals surface area contributed by atoms with Crippen molar-refractivity contribution in [2.45, 2.75) is 274 Å². The number of rotatable bonds is 28. The number of aromatic nitrogens is 4. The summed E-state index contributed by atoms with van der Waals surface area (Å²) in [7, 11) is 0. The number of pyridine rings is 4. The van der Waals surface area contributed by atoms with Gasteiger partial charge in [-0.3, -0.25) is 19.2 Å². The highest BCUT2D eigenvalue weighted by molar-refractivity contribution is 6.36. The molecule has 5 saturated carbocycles. The summed E-state index contributed by atoms with van der Waals surface area (Å²) in [6.45, 7) is 6.36. The molecule has 8 aromatic heterocycles. The maximum Gasteiger partial charge on any atom is 0.250 e. The number of aliphatic hydroxyl groups is 3. The van der Waals surface area contributed by atoms with Gasteiger partial charge in [-0.05, 0) is 207 Å². The Kier molecular flexibility index (Phi) is 27.7. The van der Waals surface area contributed by atoms with Crippen LogP contribution in [0.1, 0.15) is 288 Å². The number of aryl methyl sites for hydroxylation is 1. The summed E-state index contributed by atoms with van der Waals surface area (Å²) >= 11 is 25.5. The molecule has 8 aromatic rings. The molecule has 0 spiro atoms. The van der Waals surface area contributed by atoms with E-state index in [9.17, 15) is 60.8 Å². The van der Waals surface area contributed by atoms with Gasteiger partial charge in [0.1, 0.15) is 0 Å². The van der Waals surface area contributed by atoms with Crippen molar-refractivity contribution in [1.29, 1.82) is 0 Å². The van der Waals surface area contributed by atoms with E-state index in [0.717, 1.165) is 47.4 Å². The van der Waals surface area contributed by atoms with Crippen LogP contribution in [0, 0.1) is 11.8 Å². The number of carbonyl (C=O) groups is 4. The molecule has 590 valence electrons. The zero-order chi connectivity index (χ0) is 80.3. The van der Waals surface area contributed by atoms with E-state index in [1.54, 1.807) is 42.5 Å². The number of fused-ring (bicyclic) bond motifs is 4. The van der Waals surface area contributed by atoms with Gasteiger partial charge >= 0.3 is 0 Å². The second-order valence-corrected chi connectivity index (χ2v) is 32.6. The molecule has 0 bridgehead atoms. The standard InChI is InChI=1S/C22H28ClNO2.2C21H26ClF2NO3.C21H26ClF2NO/c1-15-5-3-10-22(26,14-15)11-9-20(25)17-13-19(16-6-2-7-16)24-12-4-8-18(23)21(17)24;1-2-28-12-7-15-13-16(19-17(22)5-3-11-25(15)19)18(26)6-10-20(27)8-4-9-21(23,24)14-20;1-2-28-13-6-15-14-16(19-17(22)4-3-12-25(15)19)18(26)5-7-20(27)8-10-21(23,24)11-9-20;1-2-3-5-16-14-17(20-18(22)6-4-13-25(16)20)19(26)8-7-15-9-11-21(23,24)12-10-15/h4,8,12-13,15-16,26H,2-3,5-7,9-11,14H2,1H3;3,5,11,13,27H,2,4,6-10,12,14H2,1H3;3-4,12,14,27H,2,5-11,13H2,1H3;4,6,13-15H,2-3,5,7-12H2,1H3/t15-,22+;;;/m1.../s1/i;;;1D3. The summed E-state index contributed by atoms with van der Waals surface area (Å²) in [5.41, 5.74) is 5.47. The van der Waals surface area contributed by atoms with Crippen molar-refractivity contribution in [1.82, 2.24) is 17.6 Å². The number of halogens is 10. The molecule has 23 heteroatoms. The van der Waals surface area contributed by atoms with Crippen LogP contribution in [0.4, 0.5) is 26.3 Å². The molecule has 1 unspecified atom stereocenters. The van der Waals surface area contributed by atoms with E-state index in [4.69, 9.17) is 60.0 Å². The van der Waals surface area contributed by atoms with Gasteiger partial charge < -0.3 is 42.4 Å². The molecular weight excluding hydrogens is 1480 g/mol. The first-order chi connectivity index (χ1) is 52.5. The van der Waals surface area contributed by atoms with Crippen LogP contribution in [0.15, 0.2) is 97.6 Å². The van der Waals surface area contributed by atoms with Crippen molar-refractivity contribution in [2.75, 3.05) is 26.4 Å². The minimum atomic E-state index is -2.87. The van der Waals surface area contributed by atoms with Crippen LogP contribution in [0.3, 0.4) is 0 Å². The molecule has 3 atom stereocenters. The molecule has 5 aliphatic rings. The second kappa shape index (κ2) is 37.3. The van der Waals surface area contributed by atoms with Crippen molar-refractivity contribution < 1.29 is 74.4 Å². The Morgan fingerprint density at radius 3 is 1.37 bits per heavy atom. The molecule has 0 aromatic carbocycles. The monoisotopic (exact) mass is 1580 g/mol. The predicted octanol–water partition coefficient (Wildman–Crippen LogP) is 22.6. The van der Waals surface area contributed by atoms with Gasteiger partial charge in [0, 0.05) is 164 Å². The lowest BCUT2D eigenvalue weighted by molar-refractivity contribution is -0.126. The number of ketones is 4. The van der Waals surface area contributed by atoms with Crippen molar-refractivity contribution in [3.05, 3.63) is 163 Å². The fourth-order valence-corrected chi connectivity index (χ4v) is 17.6. The summed E-state index contributed by atoms with van der Waals surface area (Å²) < 4.78 is 121. The van der Waals surface area contributed by atoms with E-state index >= 15 is 0 Å². The molecule has 3 N–H and O–H groups in total. The number of carbonyl (C=O) groups excluding carboxylic acids is 4. The van der Waals surface area contributed by atoms with Crippen molar-refractivity contribution in [3.8, 4) is 0 Å². The molecule has 0 amide bonds.